The smallest absolute Gasteiger partial charge is 0.219 e. The molecule has 0 saturated carbocycles. The van der Waals surface area contributed by atoms with E-state index >= 15 is 0 Å². The van der Waals surface area contributed by atoms with Crippen molar-refractivity contribution < 1.29 is 4.74 Å². The quantitative estimate of drug-likeness (QED) is 0.707. The van der Waals surface area contributed by atoms with E-state index < -0.39 is 0 Å². The van der Waals surface area contributed by atoms with Crippen molar-refractivity contribution in [1.82, 2.24) is 4.98 Å². The third kappa shape index (κ3) is 3.97. The number of aryl methyl sites for hydroxylation is 3. The predicted molar refractivity (Wildman–Crippen MR) is 83.8 cm³/mol. The first kappa shape index (κ1) is 14.9. The molecular weight excluding hydrogens is 270 g/mol. The van der Waals surface area contributed by atoms with Crippen LogP contribution in [0.1, 0.15) is 35.7 Å². The van der Waals surface area contributed by atoms with Crippen molar-refractivity contribution in [2.24, 2.45) is 0 Å². The van der Waals surface area contributed by atoms with E-state index in [-0.39, 0.29) is 0 Å². The zero-order chi connectivity index (χ0) is 14.5. The fourth-order valence-electron chi connectivity index (χ4n) is 2.25. The Labute approximate surface area is 125 Å². The Bertz CT molecular complexity index is 575. The summed E-state index contributed by atoms with van der Waals surface area (Å²) in [6.45, 7) is 6.26. The Morgan fingerprint density at radius 1 is 1.05 bits per heavy atom. The Morgan fingerprint density at radius 3 is 2.35 bits per heavy atom. The normalized spacial score (nSPS) is 10.6. The first-order valence-electron chi connectivity index (χ1n) is 6.92. The zero-order valence-electron chi connectivity index (χ0n) is 12.2. The molecule has 0 aliphatic carbocycles. The van der Waals surface area contributed by atoms with Crippen LogP contribution in [-0.2, 0) is 12.3 Å². The van der Waals surface area contributed by atoms with Gasteiger partial charge in [-0.05, 0) is 55.2 Å². The lowest BCUT2D eigenvalue weighted by Gasteiger charge is -2.10. The van der Waals surface area contributed by atoms with Crippen molar-refractivity contribution in [2.75, 3.05) is 0 Å². The maximum absolute atomic E-state index is 5.94. The molecule has 1 heterocycles. The molecule has 0 N–H and O–H groups in total. The van der Waals surface area contributed by atoms with Gasteiger partial charge in [0.05, 0.1) is 0 Å². The van der Waals surface area contributed by atoms with Gasteiger partial charge >= 0.3 is 0 Å². The van der Waals surface area contributed by atoms with Gasteiger partial charge in [-0.3, -0.25) is 0 Å². The predicted octanol–water partition coefficient (Wildman–Crippen LogP) is 5.18. The summed E-state index contributed by atoms with van der Waals surface area (Å²) in [6, 6.07) is 10.1. The molecular formula is C17H20ClNO. The summed E-state index contributed by atoms with van der Waals surface area (Å²) in [5.41, 5.74) is 4.44. The molecule has 2 rings (SSSR count). The highest BCUT2D eigenvalue weighted by Crippen LogP contribution is 2.24. The molecule has 0 bridgehead atoms. The second-order valence-electron chi connectivity index (χ2n) is 5.11. The monoisotopic (exact) mass is 289 g/mol. The van der Waals surface area contributed by atoms with Crippen LogP contribution in [0.2, 0.25) is 0 Å². The Hall–Kier alpha value is -1.54. The number of benzene rings is 1. The molecule has 2 aromatic rings. The fraction of sp³-hybridized carbons (Fsp3) is 0.353. The van der Waals surface area contributed by atoms with Crippen LogP contribution >= 0.6 is 11.6 Å². The molecule has 0 fully saturated rings. The lowest BCUT2D eigenvalue weighted by Crippen LogP contribution is -1.96. The van der Waals surface area contributed by atoms with Crippen LogP contribution in [0.25, 0.3) is 0 Å². The number of pyridine rings is 1. The maximum Gasteiger partial charge on any atom is 0.219 e. The second-order valence-corrected chi connectivity index (χ2v) is 5.38. The summed E-state index contributed by atoms with van der Waals surface area (Å²) < 4.78 is 5.90. The molecule has 0 amide bonds. The standard InChI is InChI=1S/C17H20ClNO/c1-4-5-15-9-14(11-18)10-17(19-15)20-16-7-12(2)6-13(3)8-16/h6-10H,4-5,11H2,1-3H3. The zero-order valence-corrected chi connectivity index (χ0v) is 13.0. The van der Waals surface area contributed by atoms with Crippen LogP contribution in [0.4, 0.5) is 0 Å². The minimum absolute atomic E-state index is 0.475. The van der Waals surface area contributed by atoms with Crippen LogP contribution in [0, 0.1) is 13.8 Å². The van der Waals surface area contributed by atoms with Crippen molar-refractivity contribution in [3.8, 4) is 11.6 Å². The van der Waals surface area contributed by atoms with E-state index in [0.29, 0.717) is 11.8 Å². The van der Waals surface area contributed by atoms with Gasteiger partial charge in [0.25, 0.3) is 0 Å². The molecule has 0 unspecified atom stereocenters. The van der Waals surface area contributed by atoms with Gasteiger partial charge in [0, 0.05) is 17.6 Å². The average molecular weight is 290 g/mol. The SMILES string of the molecule is CCCc1cc(CCl)cc(Oc2cc(C)cc(C)c2)n1. The highest BCUT2D eigenvalue weighted by Gasteiger charge is 2.05. The summed E-state index contributed by atoms with van der Waals surface area (Å²) in [4.78, 5) is 4.54. The van der Waals surface area contributed by atoms with Crippen LogP contribution in [0.3, 0.4) is 0 Å². The van der Waals surface area contributed by atoms with Crippen molar-refractivity contribution in [1.29, 1.82) is 0 Å². The molecule has 2 nitrogen and oxygen atoms in total. The summed E-state index contributed by atoms with van der Waals surface area (Å²) in [6.07, 6.45) is 2.00. The lowest BCUT2D eigenvalue weighted by molar-refractivity contribution is 0.459. The number of rotatable bonds is 5. The topological polar surface area (TPSA) is 22.1 Å². The van der Waals surface area contributed by atoms with E-state index in [9.17, 15) is 0 Å². The number of hydrogen-bond acceptors (Lipinski definition) is 2. The van der Waals surface area contributed by atoms with E-state index in [4.69, 9.17) is 16.3 Å². The summed E-state index contributed by atoms with van der Waals surface area (Å²) in [5.74, 6) is 1.92. The molecule has 0 aliphatic heterocycles. The van der Waals surface area contributed by atoms with Gasteiger partial charge in [-0.15, -0.1) is 11.6 Å². The summed E-state index contributed by atoms with van der Waals surface area (Å²) in [5, 5.41) is 0. The number of halogens is 1. The van der Waals surface area contributed by atoms with Gasteiger partial charge in [-0.2, -0.15) is 0 Å². The first-order chi connectivity index (χ1) is 9.60. The van der Waals surface area contributed by atoms with Crippen molar-refractivity contribution in [3.63, 3.8) is 0 Å². The highest BCUT2D eigenvalue weighted by molar-refractivity contribution is 6.17. The third-order valence-electron chi connectivity index (χ3n) is 2.99. The Morgan fingerprint density at radius 2 is 1.75 bits per heavy atom. The Kier molecular flexibility index (Phi) is 5.02. The maximum atomic E-state index is 5.94. The van der Waals surface area contributed by atoms with E-state index in [1.165, 1.54) is 11.1 Å². The van der Waals surface area contributed by atoms with Crippen molar-refractivity contribution >= 4 is 11.6 Å². The number of alkyl halides is 1. The van der Waals surface area contributed by atoms with E-state index in [0.717, 1.165) is 29.8 Å². The minimum atomic E-state index is 0.475. The summed E-state index contributed by atoms with van der Waals surface area (Å²) >= 11 is 5.94. The molecule has 0 aliphatic rings. The average Bonchev–Trinajstić information content (AvgIpc) is 2.37. The lowest BCUT2D eigenvalue weighted by atomic mass is 10.1. The van der Waals surface area contributed by atoms with Gasteiger partial charge in [-0.1, -0.05) is 19.4 Å². The van der Waals surface area contributed by atoms with E-state index in [1.807, 2.05) is 24.3 Å². The molecule has 0 atom stereocenters. The van der Waals surface area contributed by atoms with E-state index in [2.05, 4.69) is 31.8 Å². The molecule has 0 radical (unpaired) electrons. The molecule has 106 valence electrons. The van der Waals surface area contributed by atoms with Crippen LogP contribution in [-0.4, -0.2) is 4.98 Å². The van der Waals surface area contributed by atoms with E-state index in [1.54, 1.807) is 0 Å². The van der Waals surface area contributed by atoms with Gasteiger partial charge < -0.3 is 4.74 Å². The number of aromatic nitrogens is 1. The molecule has 3 heteroatoms. The van der Waals surface area contributed by atoms with Gasteiger partial charge in [0.15, 0.2) is 0 Å². The largest absolute Gasteiger partial charge is 0.439 e. The second kappa shape index (κ2) is 6.76. The molecule has 1 aromatic carbocycles. The number of hydrogen-bond donors (Lipinski definition) is 0. The fourth-order valence-corrected chi connectivity index (χ4v) is 2.40. The van der Waals surface area contributed by atoms with Gasteiger partial charge in [-0.25, -0.2) is 4.98 Å². The van der Waals surface area contributed by atoms with Crippen LogP contribution < -0.4 is 4.74 Å². The highest BCUT2D eigenvalue weighted by atomic mass is 35.5. The van der Waals surface area contributed by atoms with Crippen LogP contribution in [0.5, 0.6) is 11.6 Å². The number of ether oxygens (including phenoxy) is 1. The number of nitrogens with zero attached hydrogens (tertiary/aromatic N) is 1. The minimum Gasteiger partial charge on any atom is -0.439 e. The van der Waals surface area contributed by atoms with Crippen LogP contribution in [0.15, 0.2) is 30.3 Å². The Balaban J connectivity index is 2.29. The summed E-state index contributed by atoms with van der Waals surface area (Å²) in [7, 11) is 0. The molecule has 1 aromatic heterocycles. The first-order valence-corrected chi connectivity index (χ1v) is 7.46. The van der Waals surface area contributed by atoms with Crippen molar-refractivity contribution in [2.45, 2.75) is 39.5 Å². The molecule has 0 spiro atoms. The third-order valence-corrected chi connectivity index (χ3v) is 3.30. The van der Waals surface area contributed by atoms with Crippen molar-refractivity contribution in [3.05, 3.63) is 52.7 Å². The molecule has 20 heavy (non-hydrogen) atoms. The van der Waals surface area contributed by atoms with Gasteiger partial charge in [0.2, 0.25) is 5.88 Å². The molecule has 0 saturated heterocycles. The van der Waals surface area contributed by atoms with Gasteiger partial charge in [0.1, 0.15) is 5.75 Å².